The molecule has 6 nitrogen and oxygen atoms in total. The molecular weight excluding hydrogens is 995 g/mol. The van der Waals surface area contributed by atoms with Crippen molar-refractivity contribution in [1.29, 1.82) is 0 Å². The highest BCUT2D eigenvalue weighted by molar-refractivity contribution is 5.76. The molecule has 0 aliphatic carbocycles. The van der Waals surface area contributed by atoms with Crippen molar-refractivity contribution >= 4 is 11.9 Å². The van der Waals surface area contributed by atoms with Gasteiger partial charge in [0, 0.05) is 12.8 Å². The molecule has 0 aromatic heterocycles. The third kappa shape index (κ3) is 67.1. The average molecular weight is 1140 g/mol. The highest BCUT2D eigenvalue weighted by atomic mass is 16.5. The van der Waals surface area contributed by atoms with Gasteiger partial charge in [-0.3, -0.25) is 9.59 Å². The van der Waals surface area contributed by atoms with Gasteiger partial charge in [0.05, 0.1) is 25.4 Å². The molecule has 0 aliphatic heterocycles. The number of ether oxygens (including phenoxy) is 1. The van der Waals surface area contributed by atoms with E-state index in [-0.39, 0.29) is 18.5 Å². The topological polar surface area (TPSA) is 95.9 Å². The lowest BCUT2D eigenvalue weighted by Gasteiger charge is -2.20. The van der Waals surface area contributed by atoms with Crippen molar-refractivity contribution in [2.24, 2.45) is 0 Å². The van der Waals surface area contributed by atoms with Gasteiger partial charge in [-0.1, -0.05) is 365 Å². The number of nitrogens with one attached hydrogen (secondary N) is 1. The number of esters is 1. The first-order valence-electron chi connectivity index (χ1n) is 36.8. The number of hydrogen-bond donors (Lipinski definition) is 3. The fourth-order valence-corrected chi connectivity index (χ4v) is 11.6. The van der Waals surface area contributed by atoms with E-state index in [1.807, 2.05) is 6.08 Å². The van der Waals surface area contributed by atoms with Crippen molar-refractivity contribution in [1.82, 2.24) is 5.32 Å². The van der Waals surface area contributed by atoms with Gasteiger partial charge in [-0.25, -0.2) is 0 Å². The SMILES string of the molecule is CCCCC/C=C\C/C=C\CCCCCCCCCCCC(=O)OCCCCCCCCCCCCCCCCCCCCCCCC(=O)NC(CO)C(O)/C=C/CCCCCCCCCCCCCCCCCCCCCCCC. The molecule has 0 heterocycles. The van der Waals surface area contributed by atoms with E-state index in [0.29, 0.717) is 19.4 Å². The van der Waals surface area contributed by atoms with E-state index in [4.69, 9.17) is 4.74 Å². The minimum atomic E-state index is -0.847. The second kappa shape index (κ2) is 70.6. The zero-order valence-corrected chi connectivity index (χ0v) is 54.8. The van der Waals surface area contributed by atoms with Gasteiger partial charge in [0.2, 0.25) is 5.91 Å². The third-order valence-corrected chi connectivity index (χ3v) is 17.2. The van der Waals surface area contributed by atoms with Crippen LogP contribution in [0.2, 0.25) is 0 Å². The fraction of sp³-hybridized carbons (Fsp3) is 0.893. The molecule has 0 bridgehead atoms. The summed E-state index contributed by atoms with van der Waals surface area (Å²) in [7, 11) is 0. The minimum Gasteiger partial charge on any atom is -0.466 e. The Bertz CT molecular complexity index is 1310. The highest BCUT2D eigenvalue weighted by Crippen LogP contribution is 2.19. The molecule has 2 atom stereocenters. The van der Waals surface area contributed by atoms with Gasteiger partial charge >= 0.3 is 5.97 Å². The second-order valence-corrected chi connectivity index (χ2v) is 25.3. The first kappa shape index (κ1) is 79.1. The van der Waals surface area contributed by atoms with Gasteiger partial charge in [-0.05, 0) is 64.2 Å². The number of aliphatic hydroxyl groups excluding tert-OH is 2. The van der Waals surface area contributed by atoms with E-state index >= 15 is 0 Å². The summed E-state index contributed by atoms with van der Waals surface area (Å²) in [6, 6.07) is -0.631. The molecule has 0 aliphatic rings. The van der Waals surface area contributed by atoms with Crippen molar-refractivity contribution < 1.29 is 24.5 Å². The number of rotatable bonds is 69. The second-order valence-electron chi connectivity index (χ2n) is 25.3. The molecule has 0 rings (SSSR count). The lowest BCUT2D eigenvalue weighted by Crippen LogP contribution is -2.45. The molecule has 0 fully saturated rings. The Balaban J connectivity index is 3.40. The Morgan fingerprint density at radius 1 is 0.346 bits per heavy atom. The number of amides is 1. The summed E-state index contributed by atoms with van der Waals surface area (Å²) in [4.78, 5) is 24.7. The van der Waals surface area contributed by atoms with Crippen molar-refractivity contribution in [3.8, 4) is 0 Å². The zero-order valence-electron chi connectivity index (χ0n) is 54.8. The van der Waals surface area contributed by atoms with Gasteiger partial charge in [-0.15, -0.1) is 0 Å². The molecule has 3 N–H and O–H groups in total. The van der Waals surface area contributed by atoms with Crippen LogP contribution < -0.4 is 5.32 Å². The van der Waals surface area contributed by atoms with Gasteiger partial charge < -0.3 is 20.3 Å². The summed E-state index contributed by atoms with van der Waals surface area (Å²) in [5.41, 5.74) is 0. The summed E-state index contributed by atoms with van der Waals surface area (Å²) >= 11 is 0. The highest BCUT2D eigenvalue weighted by Gasteiger charge is 2.18. The van der Waals surface area contributed by atoms with Crippen LogP contribution in [0.5, 0.6) is 0 Å². The van der Waals surface area contributed by atoms with Crippen LogP contribution >= 0.6 is 0 Å². The summed E-state index contributed by atoms with van der Waals surface area (Å²) in [5, 5.41) is 23.3. The molecule has 81 heavy (non-hydrogen) atoms. The van der Waals surface area contributed by atoms with Gasteiger partial charge in [0.25, 0.3) is 0 Å². The first-order chi connectivity index (χ1) is 40.0. The standard InChI is InChI=1S/C75H143NO5/c1-3-5-7-9-11-13-15-17-19-21-23-24-25-26-28-32-35-39-43-47-51-55-59-63-67-73(78)72(71-77)76-74(79)68-64-60-56-52-48-44-40-36-33-29-27-30-34-38-42-46-50-54-58-62-66-70-81-75(80)69-65-61-57-53-49-45-41-37-31-22-20-18-16-14-12-10-8-6-4-2/h12,14,18,20,63,67,72-73,77-78H,3-11,13,15-17,19,21-62,64-66,68-71H2,1-2H3,(H,76,79)/b14-12-,20-18-,67-63+. The summed E-state index contributed by atoms with van der Waals surface area (Å²) in [5.74, 6) is -0.0562. The number of allylic oxidation sites excluding steroid dienone is 5. The molecule has 478 valence electrons. The Morgan fingerprint density at radius 2 is 0.617 bits per heavy atom. The quantitative estimate of drug-likeness (QED) is 0.0320. The zero-order chi connectivity index (χ0) is 58.5. The molecular formula is C75H143NO5. The molecule has 0 spiro atoms. The molecule has 0 saturated heterocycles. The number of carbonyl (C=O) groups excluding carboxylic acids is 2. The molecule has 0 radical (unpaired) electrons. The summed E-state index contributed by atoms with van der Waals surface area (Å²) in [6.07, 6.45) is 90.8. The normalized spacial score (nSPS) is 12.7. The maximum atomic E-state index is 12.5. The fourth-order valence-electron chi connectivity index (χ4n) is 11.6. The van der Waals surface area contributed by atoms with E-state index in [9.17, 15) is 19.8 Å². The molecule has 0 aromatic carbocycles. The average Bonchev–Trinajstić information content (AvgIpc) is 3.47. The number of hydrogen-bond acceptors (Lipinski definition) is 5. The van der Waals surface area contributed by atoms with E-state index in [1.165, 1.54) is 327 Å². The molecule has 0 aromatic rings. The number of unbranched alkanes of at least 4 members (excludes halogenated alkanes) is 54. The number of aliphatic hydroxyl groups is 2. The van der Waals surface area contributed by atoms with Crippen molar-refractivity contribution in [2.45, 2.75) is 418 Å². The summed E-state index contributed by atoms with van der Waals surface area (Å²) < 4.78 is 5.51. The van der Waals surface area contributed by atoms with Gasteiger partial charge in [0.15, 0.2) is 0 Å². The maximum absolute atomic E-state index is 12.5. The van der Waals surface area contributed by atoms with Crippen molar-refractivity contribution in [3.63, 3.8) is 0 Å². The largest absolute Gasteiger partial charge is 0.466 e. The van der Waals surface area contributed by atoms with E-state index in [2.05, 4.69) is 43.5 Å². The Labute approximate surface area is 506 Å². The Morgan fingerprint density at radius 3 is 0.963 bits per heavy atom. The van der Waals surface area contributed by atoms with Crippen LogP contribution in [-0.4, -0.2) is 47.4 Å². The molecule has 0 saturated carbocycles. The molecule has 6 heteroatoms. The Kier molecular flexibility index (Phi) is 68.9. The van der Waals surface area contributed by atoms with Crippen LogP contribution in [0, 0.1) is 0 Å². The maximum Gasteiger partial charge on any atom is 0.305 e. The van der Waals surface area contributed by atoms with Crippen molar-refractivity contribution in [2.75, 3.05) is 13.2 Å². The smallest absolute Gasteiger partial charge is 0.305 e. The van der Waals surface area contributed by atoms with E-state index < -0.39 is 12.1 Å². The molecule has 1 amide bonds. The lowest BCUT2D eigenvalue weighted by molar-refractivity contribution is -0.143. The minimum absolute atomic E-state index is 0.00848. The first-order valence-corrected chi connectivity index (χ1v) is 36.8. The summed E-state index contributed by atoms with van der Waals surface area (Å²) in [6.45, 7) is 4.91. The number of carbonyl (C=O) groups is 2. The third-order valence-electron chi connectivity index (χ3n) is 17.2. The van der Waals surface area contributed by atoms with E-state index in [0.717, 1.165) is 51.4 Å². The lowest BCUT2D eigenvalue weighted by atomic mass is 10.0. The van der Waals surface area contributed by atoms with Gasteiger partial charge in [0.1, 0.15) is 0 Å². The van der Waals surface area contributed by atoms with Crippen LogP contribution in [0.1, 0.15) is 406 Å². The van der Waals surface area contributed by atoms with Crippen LogP contribution in [0.3, 0.4) is 0 Å². The molecule has 2 unspecified atom stereocenters. The van der Waals surface area contributed by atoms with Gasteiger partial charge in [-0.2, -0.15) is 0 Å². The predicted molar refractivity (Wildman–Crippen MR) is 356 cm³/mol. The Hall–Kier alpha value is -1.92. The predicted octanol–water partition coefficient (Wildman–Crippen LogP) is 23.9. The van der Waals surface area contributed by atoms with Crippen LogP contribution in [0.4, 0.5) is 0 Å². The van der Waals surface area contributed by atoms with E-state index in [1.54, 1.807) is 6.08 Å². The van der Waals surface area contributed by atoms with Crippen LogP contribution in [0.25, 0.3) is 0 Å². The monoisotopic (exact) mass is 1140 g/mol. The van der Waals surface area contributed by atoms with Crippen LogP contribution in [-0.2, 0) is 14.3 Å². The van der Waals surface area contributed by atoms with Crippen molar-refractivity contribution in [3.05, 3.63) is 36.5 Å². The van der Waals surface area contributed by atoms with Crippen LogP contribution in [0.15, 0.2) is 36.5 Å².